The van der Waals surface area contributed by atoms with Gasteiger partial charge in [0.15, 0.2) is 0 Å². The minimum atomic E-state index is -0.943. The van der Waals surface area contributed by atoms with Crippen molar-refractivity contribution < 1.29 is 19.2 Å². The lowest BCUT2D eigenvalue weighted by molar-refractivity contribution is -0.126. The number of carbonyl (C=O) groups is 2. The molecule has 2 amide bonds. The molecule has 2 atom stereocenters. The average Bonchev–Trinajstić information content (AvgIpc) is 3.23. The van der Waals surface area contributed by atoms with E-state index in [9.17, 15) is 9.59 Å². The van der Waals surface area contributed by atoms with E-state index in [4.69, 9.17) is 21.2 Å². The second-order valence-corrected chi connectivity index (χ2v) is 6.90. The van der Waals surface area contributed by atoms with Crippen molar-refractivity contribution in [1.82, 2.24) is 0 Å². The van der Waals surface area contributed by atoms with Crippen LogP contribution in [-0.4, -0.2) is 30.2 Å². The van der Waals surface area contributed by atoms with Crippen molar-refractivity contribution in [2.45, 2.75) is 6.10 Å². The number of fused-ring (bicyclic) bond motifs is 2. The van der Waals surface area contributed by atoms with Crippen molar-refractivity contribution in [2.24, 2.45) is 11.1 Å². The van der Waals surface area contributed by atoms with Gasteiger partial charge in [-0.05, 0) is 36.4 Å². The van der Waals surface area contributed by atoms with Crippen molar-refractivity contribution in [2.75, 3.05) is 11.5 Å². The predicted molar refractivity (Wildman–Crippen MR) is 99.7 cm³/mol. The lowest BCUT2D eigenvalue weighted by Crippen LogP contribution is -2.33. The zero-order valence-electron chi connectivity index (χ0n) is 14.0. The van der Waals surface area contributed by atoms with E-state index in [1.54, 1.807) is 24.3 Å². The minimum Gasteiger partial charge on any atom is -0.488 e. The van der Waals surface area contributed by atoms with Crippen molar-refractivity contribution in [1.29, 1.82) is 0 Å². The molecule has 0 bridgehead atoms. The smallest absolute Gasteiger partial charge is 0.278 e. The molecule has 2 aromatic carbocycles. The van der Waals surface area contributed by atoms with Crippen LogP contribution in [-0.2, 0) is 14.4 Å². The monoisotopic (exact) mass is 380 g/mol. The SMILES string of the molecule is O=C1C2ON=C(C3=Cc4ccccc4OC3)C2C(=O)N1c1ccc(Cl)cc1. The van der Waals surface area contributed by atoms with Crippen LogP contribution < -0.4 is 9.64 Å². The molecular weight excluding hydrogens is 368 g/mol. The van der Waals surface area contributed by atoms with Gasteiger partial charge in [0.05, 0.1) is 5.69 Å². The summed E-state index contributed by atoms with van der Waals surface area (Å²) in [5, 5.41) is 4.57. The van der Waals surface area contributed by atoms with Crippen LogP contribution in [0.5, 0.6) is 5.75 Å². The Labute approximate surface area is 159 Å². The summed E-state index contributed by atoms with van der Waals surface area (Å²) in [4.78, 5) is 32.2. The van der Waals surface area contributed by atoms with Gasteiger partial charge in [-0.25, -0.2) is 4.90 Å². The second-order valence-electron chi connectivity index (χ2n) is 6.46. The van der Waals surface area contributed by atoms with Crippen LogP contribution in [0.3, 0.4) is 0 Å². The number of carbonyl (C=O) groups excluding carboxylic acids is 2. The first-order valence-corrected chi connectivity index (χ1v) is 8.81. The first-order chi connectivity index (χ1) is 13.1. The molecule has 134 valence electrons. The van der Waals surface area contributed by atoms with Gasteiger partial charge in [-0.3, -0.25) is 9.59 Å². The molecule has 3 heterocycles. The van der Waals surface area contributed by atoms with E-state index in [0.717, 1.165) is 21.8 Å². The Morgan fingerprint density at radius 2 is 1.81 bits per heavy atom. The van der Waals surface area contributed by atoms with Gasteiger partial charge in [0.1, 0.15) is 24.0 Å². The van der Waals surface area contributed by atoms with Crippen LogP contribution in [0, 0.1) is 5.92 Å². The number of rotatable bonds is 2. The van der Waals surface area contributed by atoms with Crippen LogP contribution in [0.4, 0.5) is 5.69 Å². The number of hydrogen-bond donors (Lipinski definition) is 0. The Bertz CT molecular complexity index is 1030. The standard InChI is InChI=1S/C20H13ClN2O4/c21-13-5-7-14(8-6-13)23-19(24)16-17(22-27-18(16)20(23)25)12-9-11-3-1-2-4-15(11)26-10-12/h1-9,16,18H,10H2. The van der Waals surface area contributed by atoms with Crippen LogP contribution in [0.2, 0.25) is 5.02 Å². The summed E-state index contributed by atoms with van der Waals surface area (Å²) in [6.45, 7) is 0.269. The number of para-hydroxylation sites is 1. The van der Waals surface area contributed by atoms with Crippen LogP contribution in [0.1, 0.15) is 5.56 Å². The van der Waals surface area contributed by atoms with Gasteiger partial charge in [-0.1, -0.05) is 35.0 Å². The van der Waals surface area contributed by atoms with E-state index in [1.807, 2.05) is 30.3 Å². The number of benzene rings is 2. The van der Waals surface area contributed by atoms with E-state index < -0.39 is 17.9 Å². The molecule has 6 nitrogen and oxygen atoms in total. The molecule has 1 saturated heterocycles. The zero-order valence-corrected chi connectivity index (χ0v) is 14.7. The lowest BCUT2D eigenvalue weighted by atomic mass is 9.92. The highest BCUT2D eigenvalue weighted by molar-refractivity contribution is 6.33. The summed E-state index contributed by atoms with van der Waals surface area (Å²) in [5.74, 6) is -0.783. The highest BCUT2D eigenvalue weighted by Gasteiger charge is 2.56. The third-order valence-corrected chi connectivity index (χ3v) is 5.11. The third-order valence-electron chi connectivity index (χ3n) is 4.86. The summed E-state index contributed by atoms with van der Waals surface area (Å²) in [5.41, 5.74) is 2.55. The maximum Gasteiger partial charge on any atom is 0.278 e. The molecule has 5 rings (SSSR count). The predicted octanol–water partition coefficient (Wildman–Crippen LogP) is 3.06. The quantitative estimate of drug-likeness (QED) is 0.751. The molecule has 0 radical (unpaired) electrons. The third kappa shape index (κ3) is 2.44. The largest absolute Gasteiger partial charge is 0.488 e. The first-order valence-electron chi connectivity index (χ1n) is 8.43. The molecule has 3 aliphatic rings. The Kier molecular flexibility index (Phi) is 3.55. The summed E-state index contributed by atoms with van der Waals surface area (Å²) in [7, 11) is 0. The average molecular weight is 381 g/mol. The van der Waals surface area contributed by atoms with Gasteiger partial charge in [0.25, 0.3) is 5.91 Å². The minimum absolute atomic E-state index is 0.269. The second kappa shape index (κ2) is 5.96. The number of hydrogen-bond acceptors (Lipinski definition) is 5. The fourth-order valence-corrected chi connectivity index (χ4v) is 3.68. The highest BCUT2D eigenvalue weighted by atomic mass is 35.5. The maximum atomic E-state index is 13.0. The molecule has 3 aliphatic heterocycles. The van der Waals surface area contributed by atoms with Gasteiger partial charge in [-0.15, -0.1) is 0 Å². The summed E-state index contributed by atoms with van der Waals surface area (Å²) in [6.07, 6.45) is 0.979. The fourth-order valence-electron chi connectivity index (χ4n) is 3.55. The fraction of sp³-hybridized carbons (Fsp3) is 0.150. The van der Waals surface area contributed by atoms with Crippen molar-refractivity contribution in [3.05, 3.63) is 64.7 Å². The van der Waals surface area contributed by atoms with Gasteiger partial charge >= 0.3 is 0 Å². The van der Waals surface area contributed by atoms with E-state index in [0.29, 0.717) is 16.4 Å². The van der Waals surface area contributed by atoms with Crippen LogP contribution >= 0.6 is 11.6 Å². The Balaban J connectivity index is 1.49. The summed E-state index contributed by atoms with van der Waals surface area (Å²) < 4.78 is 5.75. The van der Waals surface area contributed by atoms with Gasteiger partial charge in [-0.2, -0.15) is 0 Å². The topological polar surface area (TPSA) is 68.2 Å². The molecule has 1 fully saturated rings. The van der Waals surface area contributed by atoms with E-state index >= 15 is 0 Å². The molecular formula is C20H13ClN2O4. The number of oxime groups is 1. The van der Waals surface area contributed by atoms with Crippen molar-refractivity contribution in [3.63, 3.8) is 0 Å². The molecule has 0 spiro atoms. The van der Waals surface area contributed by atoms with Gasteiger partial charge in [0.2, 0.25) is 12.0 Å². The lowest BCUT2D eigenvalue weighted by Gasteiger charge is -2.19. The number of imide groups is 1. The van der Waals surface area contributed by atoms with Crippen molar-refractivity contribution >= 4 is 40.9 Å². The van der Waals surface area contributed by atoms with Crippen LogP contribution in [0.15, 0.2) is 59.3 Å². The maximum absolute atomic E-state index is 13.0. The molecule has 2 unspecified atom stereocenters. The molecule has 7 heteroatoms. The number of nitrogens with zero attached hydrogens (tertiary/aromatic N) is 2. The number of anilines is 1. The molecule has 27 heavy (non-hydrogen) atoms. The van der Waals surface area contributed by atoms with E-state index in [-0.39, 0.29) is 12.5 Å². The first kappa shape index (κ1) is 16.1. The van der Waals surface area contributed by atoms with Crippen molar-refractivity contribution in [3.8, 4) is 5.75 Å². The molecule has 2 aromatic rings. The zero-order chi connectivity index (χ0) is 18.5. The number of amides is 2. The molecule has 0 aromatic heterocycles. The Morgan fingerprint density at radius 3 is 2.63 bits per heavy atom. The molecule has 0 saturated carbocycles. The number of ether oxygens (including phenoxy) is 1. The summed E-state index contributed by atoms with van der Waals surface area (Å²) >= 11 is 5.90. The number of halogens is 1. The Hall–Kier alpha value is -3.12. The van der Waals surface area contributed by atoms with Gasteiger partial charge < -0.3 is 9.57 Å². The molecule has 0 N–H and O–H groups in total. The van der Waals surface area contributed by atoms with E-state index in [2.05, 4.69) is 5.16 Å². The molecule has 0 aliphatic carbocycles. The van der Waals surface area contributed by atoms with Crippen LogP contribution in [0.25, 0.3) is 6.08 Å². The summed E-state index contributed by atoms with van der Waals surface area (Å²) in [6, 6.07) is 14.1. The highest BCUT2D eigenvalue weighted by Crippen LogP contribution is 2.37. The van der Waals surface area contributed by atoms with E-state index in [1.165, 1.54) is 0 Å². The normalized spacial score (nSPS) is 23.2. The van der Waals surface area contributed by atoms with Gasteiger partial charge in [0, 0.05) is 16.2 Å². The Morgan fingerprint density at radius 1 is 1.04 bits per heavy atom.